The molecule has 4 heteroatoms. The van der Waals surface area contributed by atoms with E-state index >= 15 is 0 Å². The SMILES string of the molecule is O=C1C2CC2C(=O)N1[C@@H](CO)c1ccccc1. The van der Waals surface area contributed by atoms with E-state index in [1.165, 1.54) is 4.90 Å². The smallest absolute Gasteiger partial charge is 0.233 e. The molecule has 1 N–H and O–H groups in total. The van der Waals surface area contributed by atoms with E-state index in [1.54, 1.807) is 0 Å². The molecule has 17 heavy (non-hydrogen) atoms. The molecule has 88 valence electrons. The monoisotopic (exact) mass is 231 g/mol. The van der Waals surface area contributed by atoms with Gasteiger partial charge in [0.25, 0.3) is 0 Å². The van der Waals surface area contributed by atoms with Gasteiger partial charge in [0, 0.05) is 0 Å². The molecule has 0 bridgehead atoms. The van der Waals surface area contributed by atoms with Gasteiger partial charge in [-0.2, -0.15) is 0 Å². The van der Waals surface area contributed by atoms with Crippen LogP contribution in [0.4, 0.5) is 0 Å². The Balaban J connectivity index is 1.92. The van der Waals surface area contributed by atoms with Crippen LogP contribution in [0.2, 0.25) is 0 Å². The molecule has 1 saturated carbocycles. The van der Waals surface area contributed by atoms with E-state index in [4.69, 9.17) is 0 Å². The lowest BCUT2D eigenvalue weighted by Gasteiger charge is -2.26. The zero-order chi connectivity index (χ0) is 12.0. The predicted molar refractivity (Wildman–Crippen MR) is 59.7 cm³/mol. The van der Waals surface area contributed by atoms with Crippen molar-refractivity contribution in [2.45, 2.75) is 12.5 Å². The van der Waals surface area contributed by atoms with Crippen LogP contribution in [0, 0.1) is 11.8 Å². The molecule has 0 spiro atoms. The average molecular weight is 231 g/mol. The lowest BCUT2D eigenvalue weighted by molar-refractivity contribution is -0.145. The molecule has 1 aromatic rings. The number of carbonyl (C=O) groups is 2. The third-order valence-corrected chi connectivity index (χ3v) is 3.57. The number of aliphatic hydroxyl groups excluding tert-OH is 1. The highest BCUT2D eigenvalue weighted by Crippen LogP contribution is 2.49. The fraction of sp³-hybridized carbons (Fsp3) is 0.385. The first-order valence-electron chi connectivity index (χ1n) is 5.76. The number of fused-ring (bicyclic) bond motifs is 1. The van der Waals surface area contributed by atoms with Crippen molar-refractivity contribution in [3.8, 4) is 0 Å². The lowest BCUT2D eigenvalue weighted by atomic mass is 10.1. The number of rotatable bonds is 3. The molecule has 1 aliphatic carbocycles. The number of hydrogen-bond acceptors (Lipinski definition) is 3. The van der Waals surface area contributed by atoms with Gasteiger partial charge in [0.15, 0.2) is 0 Å². The Morgan fingerprint density at radius 2 is 1.76 bits per heavy atom. The molecule has 1 saturated heterocycles. The Kier molecular flexibility index (Phi) is 2.26. The summed E-state index contributed by atoms with van der Waals surface area (Å²) in [5, 5.41) is 9.43. The van der Waals surface area contributed by atoms with Crippen LogP contribution in [-0.2, 0) is 9.59 Å². The van der Waals surface area contributed by atoms with Gasteiger partial charge in [-0.3, -0.25) is 14.5 Å². The van der Waals surface area contributed by atoms with E-state index in [9.17, 15) is 14.7 Å². The van der Waals surface area contributed by atoms with Crippen molar-refractivity contribution < 1.29 is 14.7 Å². The van der Waals surface area contributed by atoms with E-state index in [0.29, 0.717) is 6.42 Å². The first-order chi connectivity index (χ1) is 8.24. The minimum atomic E-state index is -0.524. The minimum absolute atomic E-state index is 0.111. The van der Waals surface area contributed by atoms with Crippen molar-refractivity contribution in [2.24, 2.45) is 11.8 Å². The summed E-state index contributed by atoms with van der Waals surface area (Å²) < 4.78 is 0. The number of carbonyl (C=O) groups excluding carboxylic acids is 2. The Hall–Kier alpha value is -1.68. The minimum Gasteiger partial charge on any atom is -0.394 e. The number of amides is 2. The highest BCUT2D eigenvalue weighted by molar-refractivity contribution is 6.09. The fourth-order valence-electron chi connectivity index (χ4n) is 2.53. The maximum absolute atomic E-state index is 11.9. The summed E-state index contributed by atoms with van der Waals surface area (Å²) in [6.45, 7) is -0.221. The average Bonchev–Trinajstić information content (AvgIpc) is 3.11. The highest BCUT2D eigenvalue weighted by atomic mass is 16.3. The van der Waals surface area contributed by atoms with E-state index in [1.807, 2.05) is 30.3 Å². The van der Waals surface area contributed by atoms with Crippen LogP contribution in [0.25, 0.3) is 0 Å². The van der Waals surface area contributed by atoms with E-state index < -0.39 is 6.04 Å². The van der Waals surface area contributed by atoms with Gasteiger partial charge >= 0.3 is 0 Å². The van der Waals surface area contributed by atoms with Gasteiger partial charge in [0.05, 0.1) is 24.5 Å². The molecule has 2 fully saturated rings. The first-order valence-corrected chi connectivity index (χ1v) is 5.76. The molecule has 1 aromatic carbocycles. The van der Waals surface area contributed by atoms with Crippen LogP contribution in [0.3, 0.4) is 0 Å². The molecule has 0 aromatic heterocycles. The fourth-order valence-corrected chi connectivity index (χ4v) is 2.53. The molecule has 1 heterocycles. The summed E-state index contributed by atoms with van der Waals surface area (Å²) in [4.78, 5) is 25.1. The summed E-state index contributed by atoms with van der Waals surface area (Å²) in [5.41, 5.74) is 0.804. The second kappa shape index (κ2) is 3.67. The molecule has 1 aliphatic heterocycles. The molecule has 2 unspecified atom stereocenters. The molecular weight excluding hydrogens is 218 g/mol. The van der Waals surface area contributed by atoms with E-state index in [0.717, 1.165) is 5.56 Å². The van der Waals surface area contributed by atoms with Crippen molar-refractivity contribution in [1.82, 2.24) is 4.90 Å². The number of piperidine rings is 1. The molecule has 3 atom stereocenters. The Morgan fingerprint density at radius 1 is 1.18 bits per heavy atom. The number of imide groups is 1. The Morgan fingerprint density at radius 3 is 2.29 bits per heavy atom. The molecule has 2 aliphatic rings. The van der Waals surface area contributed by atoms with Crippen LogP contribution >= 0.6 is 0 Å². The number of nitrogens with zero attached hydrogens (tertiary/aromatic N) is 1. The van der Waals surface area contributed by atoms with Gasteiger partial charge in [0.1, 0.15) is 0 Å². The van der Waals surface area contributed by atoms with Crippen molar-refractivity contribution >= 4 is 11.8 Å². The maximum atomic E-state index is 11.9. The normalized spacial score (nSPS) is 28.2. The topological polar surface area (TPSA) is 57.6 Å². The summed E-state index contributed by atoms with van der Waals surface area (Å²) in [5.74, 6) is -0.466. The quantitative estimate of drug-likeness (QED) is 0.780. The second-order valence-electron chi connectivity index (χ2n) is 4.60. The molecule has 0 radical (unpaired) electrons. The first kappa shape index (κ1) is 10.5. The predicted octanol–water partition coefficient (Wildman–Crippen LogP) is 0.725. The van der Waals surface area contributed by atoms with Gasteiger partial charge in [-0.15, -0.1) is 0 Å². The molecule has 4 nitrogen and oxygen atoms in total. The van der Waals surface area contributed by atoms with Crippen LogP contribution in [0.15, 0.2) is 30.3 Å². The standard InChI is InChI=1S/C13H13NO3/c15-7-11(8-4-2-1-3-5-8)14-12(16)9-6-10(9)13(14)17/h1-5,9-11,15H,6-7H2/t9?,10?,11-/m0/s1. The number of hydrogen-bond donors (Lipinski definition) is 1. The Bertz CT molecular complexity index is 451. The van der Waals surface area contributed by atoms with Crippen molar-refractivity contribution in [1.29, 1.82) is 0 Å². The van der Waals surface area contributed by atoms with E-state index in [-0.39, 0.29) is 30.3 Å². The summed E-state index contributed by atoms with van der Waals surface area (Å²) in [6, 6.07) is 8.66. The van der Waals surface area contributed by atoms with Crippen LogP contribution in [0.5, 0.6) is 0 Å². The molecule has 2 amide bonds. The summed E-state index contributed by atoms with van der Waals surface area (Å²) in [6.07, 6.45) is 0.696. The van der Waals surface area contributed by atoms with Crippen LogP contribution in [-0.4, -0.2) is 28.4 Å². The van der Waals surface area contributed by atoms with Gasteiger partial charge in [0.2, 0.25) is 11.8 Å². The number of aliphatic hydroxyl groups is 1. The van der Waals surface area contributed by atoms with Crippen LogP contribution in [0.1, 0.15) is 18.0 Å². The van der Waals surface area contributed by atoms with Gasteiger partial charge < -0.3 is 5.11 Å². The summed E-state index contributed by atoms with van der Waals surface area (Å²) >= 11 is 0. The van der Waals surface area contributed by atoms with Crippen molar-refractivity contribution in [3.63, 3.8) is 0 Å². The highest BCUT2D eigenvalue weighted by Gasteiger charge is 2.60. The number of likely N-dealkylation sites (tertiary alicyclic amines) is 1. The zero-order valence-electron chi connectivity index (χ0n) is 9.24. The van der Waals surface area contributed by atoms with E-state index in [2.05, 4.69) is 0 Å². The van der Waals surface area contributed by atoms with Crippen LogP contribution < -0.4 is 0 Å². The molecule has 3 rings (SSSR count). The number of benzene rings is 1. The zero-order valence-corrected chi connectivity index (χ0v) is 9.24. The van der Waals surface area contributed by atoms with Crippen molar-refractivity contribution in [3.05, 3.63) is 35.9 Å². The van der Waals surface area contributed by atoms with Gasteiger partial charge in [-0.1, -0.05) is 30.3 Å². The third-order valence-electron chi connectivity index (χ3n) is 3.57. The maximum Gasteiger partial charge on any atom is 0.233 e. The lowest BCUT2D eigenvalue weighted by Crippen LogP contribution is -2.38. The second-order valence-corrected chi connectivity index (χ2v) is 4.60. The third kappa shape index (κ3) is 1.48. The Labute approximate surface area is 98.9 Å². The van der Waals surface area contributed by atoms with Crippen molar-refractivity contribution in [2.75, 3.05) is 6.61 Å². The molecular formula is C13H13NO3. The van der Waals surface area contributed by atoms with Gasteiger partial charge in [-0.05, 0) is 12.0 Å². The van der Waals surface area contributed by atoms with Gasteiger partial charge in [-0.25, -0.2) is 0 Å². The largest absolute Gasteiger partial charge is 0.394 e. The summed E-state index contributed by atoms with van der Waals surface area (Å²) in [7, 11) is 0.